The zero-order valence-corrected chi connectivity index (χ0v) is 20.4. The zero-order valence-electron chi connectivity index (χ0n) is 20.4. The van der Waals surface area contributed by atoms with Crippen LogP contribution in [0, 0.1) is 17.7 Å². The molecule has 0 bridgehead atoms. The van der Waals surface area contributed by atoms with Crippen molar-refractivity contribution in [2.75, 3.05) is 14.2 Å². The lowest BCUT2D eigenvalue weighted by Gasteiger charge is -2.25. The second kappa shape index (κ2) is 9.65. The maximum Gasteiger partial charge on any atom is 0.309 e. The molecule has 0 unspecified atom stereocenters. The van der Waals surface area contributed by atoms with Gasteiger partial charge in [0.15, 0.2) is 0 Å². The van der Waals surface area contributed by atoms with Gasteiger partial charge in [-0.2, -0.15) is 0 Å². The highest BCUT2D eigenvalue weighted by Gasteiger charge is 2.39. The van der Waals surface area contributed by atoms with E-state index in [1.165, 1.54) is 18.2 Å². The van der Waals surface area contributed by atoms with Gasteiger partial charge in [0.25, 0.3) is 0 Å². The van der Waals surface area contributed by atoms with E-state index in [0.717, 1.165) is 47.9 Å². The summed E-state index contributed by atoms with van der Waals surface area (Å²) in [6.45, 7) is 1.96. The number of nitrogens with zero attached hydrogens (tertiary/aromatic N) is 1. The molecule has 35 heavy (non-hydrogen) atoms. The normalized spacial score (nSPS) is 16.6. The molecule has 2 aliphatic rings. The van der Waals surface area contributed by atoms with Gasteiger partial charge in [-0.15, -0.1) is 0 Å². The Morgan fingerprint density at radius 1 is 1.03 bits per heavy atom. The Labute approximate surface area is 205 Å². The fourth-order valence-electron chi connectivity index (χ4n) is 5.34. The summed E-state index contributed by atoms with van der Waals surface area (Å²) in [5.74, 6) is 0.588. The molecule has 0 spiro atoms. The van der Waals surface area contributed by atoms with E-state index in [0.29, 0.717) is 17.4 Å². The highest BCUT2D eigenvalue weighted by molar-refractivity contribution is 5.85. The van der Waals surface area contributed by atoms with Gasteiger partial charge in [-0.25, -0.2) is 9.37 Å². The number of carbonyl (C=O) groups excluding carboxylic acids is 1. The van der Waals surface area contributed by atoms with Gasteiger partial charge in [0.1, 0.15) is 5.82 Å². The van der Waals surface area contributed by atoms with Crippen molar-refractivity contribution in [1.82, 2.24) is 4.98 Å². The van der Waals surface area contributed by atoms with Crippen molar-refractivity contribution in [3.63, 3.8) is 0 Å². The average molecular weight is 472 g/mol. The SMILES string of the molecule is COC(=O)[C@@H](C)[C@H](c1ccc2c(c1)C=C(c1ccc(-c3ccnc(OC)c3)cc1F)CC2)C1CC1. The van der Waals surface area contributed by atoms with Crippen molar-refractivity contribution in [3.8, 4) is 17.0 Å². The molecule has 2 aliphatic carbocycles. The van der Waals surface area contributed by atoms with E-state index in [9.17, 15) is 4.79 Å². The molecule has 1 heterocycles. The van der Waals surface area contributed by atoms with Gasteiger partial charge >= 0.3 is 5.97 Å². The van der Waals surface area contributed by atoms with Crippen molar-refractivity contribution in [2.45, 2.75) is 38.5 Å². The first-order valence-electron chi connectivity index (χ1n) is 12.2. The van der Waals surface area contributed by atoms with Crippen LogP contribution < -0.4 is 4.74 Å². The minimum absolute atomic E-state index is 0.153. The van der Waals surface area contributed by atoms with Crippen LogP contribution in [0.3, 0.4) is 0 Å². The number of allylic oxidation sites excluding steroid dienone is 1. The maximum atomic E-state index is 15.3. The van der Waals surface area contributed by atoms with Crippen LogP contribution in [0.4, 0.5) is 4.39 Å². The molecule has 5 rings (SSSR count). The molecule has 0 aliphatic heterocycles. The minimum Gasteiger partial charge on any atom is -0.481 e. The molecule has 1 saturated carbocycles. The van der Waals surface area contributed by atoms with Crippen LogP contribution in [0.5, 0.6) is 5.88 Å². The van der Waals surface area contributed by atoms with Gasteiger partial charge < -0.3 is 9.47 Å². The molecule has 0 amide bonds. The lowest BCUT2D eigenvalue weighted by Crippen LogP contribution is -2.22. The van der Waals surface area contributed by atoms with Gasteiger partial charge in [0, 0.05) is 17.8 Å². The molecule has 0 radical (unpaired) electrons. The van der Waals surface area contributed by atoms with E-state index < -0.39 is 0 Å². The molecule has 2 atom stereocenters. The Kier molecular flexibility index (Phi) is 6.42. The molecule has 180 valence electrons. The lowest BCUT2D eigenvalue weighted by atomic mass is 9.80. The predicted molar refractivity (Wildman–Crippen MR) is 135 cm³/mol. The summed E-state index contributed by atoms with van der Waals surface area (Å²) < 4.78 is 25.5. The van der Waals surface area contributed by atoms with Gasteiger partial charge in [-0.1, -0.05) is 43.3 Å². The number of aryl methyl sites for hydroxylation is 1. The molecular weight excluding hydrogens is 441 g/mol. The third-order valence-corrected chi connectivity index (χ3v) is 7.38. The number of methoxy groups -OCH3 is 2. The number of esters is 1. The Hall–Kier alpha value is -3.47. The summed E-state index contributed by atoms with van der Waals surface area (Å²) in [6.07, 6.45) is 7.72. The van der Waals surface area contributed by atoms with E-state index in [1.54, 1.807) is 25.4 Å². The Balaban J connectivity index is 1.46. The minimum atomic E-state index is -0.237. The van der Waals surface area contributed by atoms with Crippen LogP contribution in [0.15, 0.2) is 54.7 Å². The second-order valence-corrected chi connectivity index (χ2v) is 9.58. The number of fused-ring (bicyclic) bond motifs is 1. The first kappa shape index (κ1) is 23.3. The van der Waals surface area contributed by atoms with Crippen LogP contribution >= 0.6 is 0 Å². The van der Waals surface area contributed by atoms with E-state index in [-0.39, 0.29) is 23.6 Å². The average Bonchev–Trinajstić information content (AvgIpc) is 3.73. The van der Waals surface area contributed by atoms with E-state index in [4.69, 9.17) is 9.47 Å². The van der Waals surface area contributed by atoms with Crippen LogP contribution in [-0.4, -0.2) is 25.2 Å². The summed E-state index contributed by atoms with van der Waals surface area (Å²) in [5, 5.41) is 0. The molecule has 4 nitrogen and oxygen atoms in total. The number of rotatable bonds is 7. The molecule has 0 saturated heterocycles. The molecule has 1 fully saturated rings. The number of benzene rings is 2. The highest BCUT2D eigenvalue weighted by Crippen LogP contribution is 2.47. The Bertz CT molecular complexity index is 1290. The molecule has 0 N–H and O–H groups in total. The molecule has 5 heteroatoms. The van der Waals surface area contributed by atoms with Crippen molar-refractivity contribution in [3.05, 3.63) is 82.8 Å². The fraction of sp³-hybridized carbons (Fsp3) is 0.333. The number of aromatic nitrogens is 1. The monoisotopic (exact) mass is 471 g/mol. The summed E-state index contributed by atoms with van der Waals surface area (Å²) in [7, 11) is 3.02. The predicted octanol–water partition coefficient (Wildman–Crippen LogP) is 6.69. The number of hydrogen-bond donors (Lipinski definition) is 0. The molecule has 2 aromatic carbocycles. The summed E-state index contributed by atoms with van der Waals surface area (Å²) in [5.41, 5.74) is 6.83. The van der Waals surface area contributed by atoms with Crippen molar-refractivity contribution in [1.29, 1.82) is 0 Å². The number of carbonyl (C=O) groups is 1. The molecule has 3 aromatic rings. The third-order valence-electron chi connectivity index (χ3n) is 7.38. The highest BCUT2D eigenvalue weighted by atomic mass is 19.1. The Morgan fingerprint density at radius 2 is 1.83 bits per heavy atom. The standard InChI is InChI=1S/C30H30FNO3/c1-18(30(33)35-3)29(20-6-7-20)24-9-5-19-4-8-23(14-25(19)15-24)26-11-10-21(16-27(26)31)22-12-13-32-28(17-22)34-2/h5,9-18,20,29H,4,6-8H2,1-3H3/t18-,29-/m0/s1. The number of hydrogen-bond acceptors (Lipinski definition) is 4. The summed E-state index contributed by atoms with van der Waals surface area (Å²) >= 11 is 0. The zero-order chi connectivity index (χ0) is 24.5. The van der Waals surface area contributed by atoms with Crippen molar-refractivity contribution < 1.29 is 18.7 Å². The van der Waals surface area contributed by atoms with Crippen LogP contribution in [0.25, 0.3) is 22.8 Å². The topological polar surface area (TPSA) is 48.4 Å². The number of halogens is 1. The van der Waals surface area contributed by atoms with E-state index in [1.807, 2.05) is 25.1 Å². The fourth-order valence-corrected chi connectivity index (χ4v) is 5.34. The van der Waals surface area contributed by atoms with Gasteiger partial charge in [-0.05, 0) is 83.0 Å². The smallest absolute Gasteiger partial charge is 0.309 e. The quantitative estimate of drug-likeness (QED) is 0.360. The number of pyridine rings is 1. The number of ether oxygens (including phenoxy) is 2. The van der Waals surface area contributed by atoms with E-state index in [2.05, 4.69) is 29.3 Å². The van der Waals surface area contributed by atoms with Gasteiger partial charge in [0.05, 0.1) is 20.1 Å². The van der Waals surface area contributed by atoms with Crippen LogP contribution in [0.2, 0.25) is 0 Å². The first-order chi connectivity index (χ1) is 17.0. The largest absolute Gasteiger partial charge is 0.481 e. The van der Waals surface area contributed by atoms with Crippen LogP contribution in [-0.2, 0) is 16.0 Å². The third kappa shape index (κ3) is 4.72. The molecule has 1 aromatic heterocycles. The van der Waals surface area contributed by atoms with Crippen molar-refractivity contribution in [2.24, 2.45) is 11.8 Å². The molecular formula is C30H30FNO3. The maximum absolute atomic E-state index is 15.3. The van der Waals surface area contributed by atoms with Gasteiger partial charge in [-0.3, -0.25) is 4.79 Å². The van der Waals surface area contributed by atoms with Crippen molar-refractivity contribution >= 4 is 17.6 Å². The van der Waals surface area contributed by atoms with Crippen LogP contribution in [0.1, 0.15) is 54.4 Å². The Morgan fingerprint density at radius 3 is 2.54 bits per heavy atom. The lowest BCUT2D eigenvalue weighted by molar-refractivity contribution is -0.145. The summed E-state index contributed by atoms with van der Waals surface area (Å²) in [4.78, 5) is 16.4. The summed E-state index contributed by atoms with van der Waals surface area (Å²) in [6, 6.07) is 15.6. The van der Waals surface area contributed by atoms with E-state index >= 15 is 4.39 Å². The second-order valence-electron chi connectivity index (χ2n) is 9.58. The van der Waals surface area contributed by atoms with Gasteiger partial charge in [0.2, 0.25) is 5.88 Å². The first-order valence-corrected chi connectivity index (χ1v) is 12.2.